The Morgan fingerprint density at radius 1 is 1.17 bits per heavy atom. The lowest BCUT2D eigenvalue weighted by atomic mass is 10.0. The Bertz CT molecular complexity index is 574. The highest BCUT2D eigenvalue weighted by atomic mass is 32.1. The molecule has 0 amide bonds. The van der Waals surface area contributed by atoms with Gasteiger partial charge in [0, 0.05) is 30.5 Å². The summed E-state index contributed by atoms with van der Waals surface area (Å²) in [6, 6.07) is 8.72. The van der Waals surface area contributed by atoms with Crippen molar-refractivity contribution in [3.63, 3.8) is 0 Å². The largest absolute Gasteiger partial charge is 0.342 e. The summed E-state index contributed by atoms with van der Waals surface area (Å²) in [4.78, 5) is 7.07. The second-order valence-electron chi connectivity index (χ2n) is 5.15. The summed E-state index contributed by atoms with van der Waals surface area (Å²) in [5.74, 6) is 1.74. The fraction of sp³-hybridized carbons (Fsp3) is 0.429. The molecule has 2 aromatic rings. The molecule has 1 aromatic heterocycles. The van der Waals surface area contributed by atoms with Crippen molar-refractivity contribution in [2.24, 2.45) is 0 Å². The highest BCUT2D eigenvalue weighted by Crippen LogP contribution is 2.40. The van der Waals surface area contributed by atoms with E-state index >= 15 is 0 Å². The fourth-order valence-electron chi connectivity index (χ4n) is 2.52. The van der Waals surface area contributed by atoms with Crippen molar-refractivity contribution in [1.82, 2.24) is 9.36 Å². The maximum atomic E-state index is 4.70. The Labute approximate surface area is 111 Å². The van der Waals surface area contributed by atoms with E-state index in [0.29, 0.717) is 5.92 Å². The van der Waals surface area contributed by atoms with E-state index in [2.05, 4.69) is 33.5 Å². The van der Waals surface area contributed by atoms with Crippen LogP contribution in [0.15, 0.2) is 24.3 Å². The van der Waals surface area contributed by atoms with Crippen molar-refractivity contribution in [2.45, 2.75) is 31.7 Å². The number of rotatable bonds is 2. The third kappa shape index (κ3) is 1.81. The predicted molar refractivity (Wildman–Crippen MR) is 73.1 cm³/mol. The molecule has 1 saturated carbocycles. The average molecular weight is 257 g/mol. The van der Waals surface area contributed by atoms with Gasteiger partial charge < -0.3 is 4.90 Å². The van der Waals surface area contributed by atoms with Crippen molar-refractivity contribution < 1.29 is 0 Å². The SMILES string of the molecule is c1ccc2c(c1)CCN(c1nc(C3CC3)ns1)C2. The van der Waals surface area contributed by atoms with Crippen molar-refractivity contribution in [3.8, 4) is 0 Å². The van der Waals surface area contributed by atoms with Crippen LogP contribution in [-0.4, -0.2) is 15.9 Å². The molecule has 18 heavy (non-hydrogen) atoms. The lowest BCUT2D eigenvalue weighted by Gasteiger charge is -2.27. The van der Waals surface area contributed by atoms with Crippen LogP contribution in [0.3, 0.4) is 0 Å². The van der Waals surface area contributed by atoms with Gasteiger partial charge in [0.25, 0.3) is 0 Å². The summed E-state index contributed by atoms with van der Waals surface area (Å²) in [5.41, 5.74) is 2.92. The minimum absolute atomic E-state index is 0.659. The molecule has 2 aliphatic rings. The molecule has 0 bridgehead atoms. The normalized spacial score (nSPS) is 18.8. The first kappa shape index (κ1) is 10.5. The monoisotopic (exact) mass is 257 g/mol. The molecule has 3 nitrogen and oxygen atoms in total. The van der Waals surface area contributed by atoms with Crippen LogP contribution in [-0.2, 0) is 13.0 Å². The third-order valence-electron chi connectivity index (χ3n) is 3.77. The molecule has 0 radical (unpaired) electrons. The van der Waals surface area contributed by atoms with E-state index in [-0.39, 0.29) is 0 Å². The molecule has 0 N–H and O–H groups in total. The number of hydrogen-bond donors (Lipinski definition) is 0. The van der Waals surface area contributed by atoms with Crippen LogP contribution in [0.25, 0.3) is 0 Å². The van der Waals surface area contributed by atoms with Crippen LogP contribution in [0.2, 0.25) is 0 Å². The Hall–Kier alpha value is -1.42. The molecule has 0 unspecified atom stereocenters. The third-order valence-corrected chi connectivity index (χ3v) is 4.57. The zero-order valence-corrected chi connectivity index (χ0v) is 11.0. The van der Waals surface area contributed by atoms with E-state index in [1.807, 2.05) is 0 Å². The summed E-state index contributed by atoms with van der Waals surface area (Å²) < 4.78 is 4.50. The summed E-state index contributed by atoms with van der Waals surface area (Å²) >= 11 is 1.56. The van der Waals surface area contributed by atoms with Gasteiger partial charge in [-0.1, -0.05) is 24.3 Å². The molecule has 0 spiro atoms. The number of hydrogen-bond acceptors (Lipinski definition) is 4. The van der Waals surface area contributed by atoms with Crippen molar-refractivity contribution in [3.05, 3.63) is 41.2 Å². The number of nitrogens with zero attached hydrogens (tertiary/aromatic N) is 3. The maximum absolute atomic E-state index is 4.70. The molecule has 4 heteroatoms. The summed E-state index contributed by atoms with van der Waals surface area (Å²) in [7, 11) is 0. The van der Waals surface area contributed by atoms with Gasteiger partial charge in [-0.15, -0.1) is 0 Å². The highest BCUT2D eigenvalue weighted by Gasteiger charge is 2.29. The molecule has 0 saturated heterocycles. The predicted octanol–water partition coefficient (Wildman–Crippen LogP) is 2.98. The van der Waals surface area contributed by atoms with Gasteiger partial charge in [0.1, 0.15) is 5.82 Å². The standard InChI is InChI=1S/C14H15N3S/c1-2-4-12-9-17(8-7-10(12)3-1)14-15-13(16-18-14)11-5-6-11/h1-4,11H,5-9H2. The van der Waals surface area contributed by atoms with Gasteiger partial charge in [0.05, 0.1) is 0 Å². The Morgan fingerprint density at radius 3 is 2.83 bits per heavy atom. The van der Waals surface area contributed by atoms with Crippen molar-refractivity contribution >= 4 is 16.7 Å². The Kier molecular flexibility index (Phi) is 2.36. The smallest absolute Gasteiger partial charge is 0.205 e. The maximum Gasteiger partial charge on any atom is 0.205 e. The first-order valence-corrected chi connectivity index (χ1v) is 7.33. The lowest BCUT2D eigenvalue weighted by Crippen LogP contribution is -2.30. The van der Waals surface area contributed by atoms with Crippen LogP contribution < -0.4 is 4.90 Å². The van der Waals surface area contributed by atoms with E-state index in [4.69, 9.17) is 4.98 Å². The fourth-order valence-corrected chi connectivity index (χ4v) is 3.29. The van der Waals surface area contributed by atoms with Gasteiger partial charge in [-0.2, -0.15) is 4.37 Å². The molecule has 1 aliphatic heterocycles. The topological polar surface area (TPSA) is 29.0 Å². The molecule has 2 heterocycles. The van der Waals surface area contributed by atoms with Crippen molar-refractivity contribution in [1.29, 1.82) is 0 Å². The van der Waals surface area contributed by atoms with Crippen LogP contribution in [0.1, 0.15) is 35.7 Å². The summed E-state index contributed by atoms with van der Waals surface area (Å²) in [6.45, 7) is 2.05. The number of fused-ring (bicyclic) bond motifs is 1. The molecule has 1 aliphatic carbocycles. The van der Waals surface area contributed by atoms with Gasteiger partial charge in [-0.05, 0) is 30.4 Å². The zero-order valence-electron chi connectivity index (χ0n) is 10.2. The van der Waals surface area contributed by atoms with Gasteiger partial charge in [0.15, 0.2) is 0 Å². The molecular formula is C14H15N3S. The molecule has 1 fully saturated rings. The first-order chi connectivity index (χ1) is 8.90. The highest BCUT2D eigenvalue weighted by molar-refractivity contribution is 7.09. The summed E-state index contributed by atoms with van der Waals surface area (Å²) in [6.07, 6.45) is 3.67. The van der Waals surface area contributed by atoms with Gasteiger partial charge >= 0.3 is 0 Å². The first-order valence-electron chi connectivity index (χ1n) is 6.55. The molecule has 4 rings (SSSR count). The van der Waals surface area contributed by atoms with E-state index in [1.165, 1.54) is 24.0 Å². The second kappa shape index (κ2) is 4.05. The van der Waals surface area contributed by atoms with E-state index < -0.39 is 0 Å². The van der Waals surface area contributed by atoms with Gasteiger partial charge in [-0.3, -0.25) is 0 Å². The van der Waals surface area contributed by atoms with Crippen molar-refractivity contribution in [2.75, 3.05) is 11.4 Å². The zero-order chi connectivity index (χ0) is 11.9. The minimum atomic E-state index is 0.659. The van der Waals surface area contributed by atoms with Crippen LogP contribution in [0, 0.1) is 0 Å². The minimum Gasteiger partial charge on any atom is -0.342 e. The van der Waals surface area contributed by atoms with Crippen LogP contribution in [0.5, 0.6) is 0 Å². The quantitative estimate of drug-likeness (QED) is 0.828. The molecule has 92 valence electrons. The van der Waals surface area contributed by atoms with E-state index in [0.717, 1.165) is 30.5 Å². The molecular weight excluding hydrogens is 242 g/mol. The molecule has 0 atom stereocenters. The van der Waals surface area contributed by atoms with Crippen LogP contribution in [0.4, 0.5) is 5.13 Å². The van der Waals surface area contributed by atoms with E-state index in [9.17, 15) is 0 Å². The average Bonchev–Trinajstić information content (AvgIpc) is 3.16. The van der Waals surface area contributed by atoms with Crippen LogP contribution >= 0.6 is 11.5 Å². The molecule has 1 aromatic carbocycles. The van der Waals surface area contributed by atoms with E-state index in [1.54, 1.807) is 11.5 Å². The summed E-state index contributed by atoms with van der Waals surface area (Å²) in [5, 5.41) is 1.10. The second-order valence-corrected chi connectivity index (χ2v) is 5.88. The van der Waals surface area contributed by atoms with Gasteiger partial charge in [0.2, 0.25) is 5.13 Å². The number of aromatic nitrogens is 2. The number of anilines is 1. The Balaban J connectivity index is 1.59. The number of benzene rings is 1. The Morgan fingerprint density at radius 2 is 2.00 bits per heavy atom. The van der Waals surface area contributed by atoms with Gasteiger partial charge in [-0.25, -0.2) is 4.98 Å². The lowest BCUT2D eigenvalue weighted by molar-refractivity contribution is 0.726.